The SMILES string of the molecule is COCC(=O)N1CCC(NC(=O)C2CNC(=O)C2)CC1. The first-order chi connectivity index (χ1) is 9.60. The molecule has 2 N–H and O–H groups in total. The van der Waals surface area contributed by atoms with Gasteiger partial charge < -0.3 is 20.3 Å². The van der Waals surface area contributed by atoms with Gasteiger partial charge in [0.15, 0.2) is 0 Å². The predicted octanol–water partition coefficient (Wildman–Crippen LogP) is -1.12. The smallest absolute Gasteiger partial charge is 0.248 e. The number of carbonyl (C=O) groups is 3. The van der Waals surface area contributed by atoms with E-state index in [9.17, 15) is 14.4 Å². The molecule has 0 aliphatic carbocycles. The zero-order valence-corrected chi connectivity index (χ0v) is 11.7. The molecule has 7 nitrogen and oxygen atoms in total. The highest BCUT2D eigenvalue weighted by Gasteiger charge is 2.30. The first-order valence-corrected chi connectivity index (χ1v) is 6.94. The van der Waals surface area contributed by atoms with Gasteiger partial charge in [0.1, 0.15) is 6.61 Å². The van der Waals surface area contributed by atoms with Crippen LogP contribution in [-0.4, -0.2) is 62.0 Å². The molecule has 2 rings (SSSR count). The number of amides is 3. The average Bonchev–Trinajstić information content (AvgIpc) is 2.86. The van der Waals surface area contributed by atoms with Crippen LogP contribution < -0.4 is 10.6 Å². The van der Waals surface area contributed by atoms with Crippen molar-refractivity contribution in [1.29, 1.82) is 0 Å². The second-order valence-corrected chi connectivity index (χ2v) is 5.30. The van der Waals surface area contributed by atoms with E-state index in [0.29, 0.717) is 19.6 Å². The number of nitrogens with zero attached hydrogens (tertiary/aromatic N) is 1. The van der Waals surface area contributed by atoms with Crippen LogP contribution in [0.5, 0.6) is 0 Å². The largest absolute Gasteiger partial charge is 0.375 e. The molecule has 2 aliphatic heterocycles. The Hall–Kier alpha value is -1.63. The number of rotatable bonds is 4. The number of ether oxygens (including phenoxy) is 1. The molecule has 0 radical (unpaired) electrons. The van der Waals surface area contributed by atoms with Crippen molar-refractivity contribution in [2.24, 2.45) is 5.92 Å². The molecule has 0 aromatic carbocycles. The number of hydrogen-bond acceptors (Lipinski definition) is 4. The third-order valence-corrected chi connectivity index (χ3v) is 3.81. The van der Waals surface area contributed by atoms with Crippen molar-refractivity contribution in [3.8, 4) is 0 Å². The molecule has 1 unspecified atom stereocenters. The van der Waals surface area contributed by atoms with Crippen LogP contribution in [0.15, 0.2) is 0 Å². The summed E-state index contributed by atoms with van der Waals surface area (Å²) in [6, 6.07) is 0.0878. The molecular weight excluding hydrogens is 262 g/mol. The van der Waals surface area contributed by atoms with Crippen molar-refractivity contribution < 1.29 is 19.1 Å². The Balaban J connectivity index is 1.73. The van der Waals surface area contributed by atoms with Gasteiger partial charge >= 0.3 is 0 Å². The van der Waals surface area contributed by atoms with Crippen LogP contribution in [0.25, 0.3) is 0 Å². The first kappa shape index (κ1) is 14.8. The third-order valence-electron chi connectivity index (χ3n) is 3.81. The zero-order chi connectivity index (χ0) is 14.5. The lowest BCUT2D eigenvalue weighted by Crippen LogP contribution is -2.48. The normalized spacial score (nSPS) is 23.6. The molecule has 1 atom stereocenters. The van der Waals surface area contributed by atoms with E-state index in [-0.39, 0.29) is 42.7 Å². The molecule has 0 spiro atoms. The fourth-order valence-corrected chi connectivity index (χ4v) is 2.60. The highest BCUT2D eigenvalue weighted by molar-refractivity contribution is 5.89. The van der Waals surface area contributed by atoms with Crippen LogP contribution in [0.3, 0.4) is 0 Å². The summed E-state index contributed by atoms with van der Waals surface area (Å²) in [7, 11) is 1.50. The minimum Gasteiger partial charge on any atom is -0.375 e. The monoisotopic (exact) mass is 283 g/mol. The van der Waals surface area contributed by atoms with Crippen molar-refractivity contribution in [3.05, 3.63) is 0 Å². The van der Waals surface area contributed by atoms with Crippen LogP contribution in [0.1, 0.15) is 19.3 Å². The summed E-state index contributed by atoms with van der Waals surface area (Å²) in [5.74, 6) is -0.395. The Morgan fingerprint density at radius 2 is 2.10 bits per heavy atom. The molecule has 20 heavy (non-hydrogen) atoms. The molecule has 0 aromatic heterocycles. The molecule has 2 fully saturated rings. The number of nitrogens with one attached hydrogen (secondary N) is 2. The summed E-state index contributed by atoms with van der Waals surface area (Å²) in [6.45, 7) is 1.80. The number of methoxy groups -OCH3 is 1. The summed E-state index contributed by atoms with van der Waals surface area (Å²) < 4.78 is 4.83. The van der Waals surface area contributed by atoms with Gasteiger partial charge in [0, 0.05) is 39.2 Å². The van der Waals surface area contributed by atoms with E-state index in [2.05, 4.69) is 10.6 Å². The molecule has 2 saturated heterocycles. The van der Waals surface area contributed by atoms with Gasteiger partial charge in [-0.1, -0.05) is 0 Å². The van der Waals surface area contributed by atoms with E-state index in [1.54, 1.807) is 4.90 Å². The molecule has 112 valence electrons. The Morgan fingerprint density at radius 1 is 1.40 bits per heavy atom. The van der Waals surface area contributed by atoms with Crippen LogP contribution >= 0.6 is 0 Å². The summed E-state index contributed by atoms with van der Waals surface area (Å²) in [6.07, 6.45) is 1.77. The molecule has 7 heteroatoms. The molecule has 0 saturated carbocycles. The molecule has 3 amide bonds. The summed E-state index contributed by atoms with van der Waals surface area (Å²) in [4.78, 5) is 36.5. The second-order valence-electron chi connectivity index (χ2n) is 5.30. The first-order valence-electron chi connectivity index (χ1n) is 6.94. The minimum absolute atomic E-state index is 0.0112. The number of piperidine rings is 1. The van der Waals surface area contributed by atoms with Crippen molar-refractivity contribution in [2.75, 3.05) is 33.4 Å². The number of carbonyl (C=O) groups excluding carboxylic acids is 3. The zero-order valence-electron chi connectivity index (χ0n) is 11.7. The van der Waals surface area contributed by atoms with Crippen LogP contribution in [0.4, 0.5) is 0 Å². The standard InChI is InChI=1S/C13H21N3O4/c1-20-8-12(18)16-4-2-10(3-5-16)15-13(19)9-6-11(17)14-7-9/h9-10H,2-8H2,1H3,(H,14,17)(H,15,19). The Bertz CT molecular complexity index is 391. The van der Waals surface area contributed by atoms with Crippen LogP contribution in [-0.2, 0) is 19.1 Å². The maximum atomic E-state index is 12.0. The lowest BCUT2D eigenvalue weighted by atomic mass is 10.0. The van der Waals surface area contributed by atoms with E-state index in [1.807, 2.05) is 0 Å². The molecule has 0 bridgehead atoms. The van der Waals surface area contributed by atoms with Crippen LogP contribution in [0, 0.1) is 5.92 Å². The van der Waals surface area contributed by atoms with Gasteiger partial charge in [-0.3, -0.25) is 14.4 Å². The lowest BCUT2D eigenvalue weighted by Gasteiger charge is -2.32. The third kappa shape index (κ3) is 3.69. The second kappa shape index (κ2) is 6.69. The number of hydrogen-bond donors (Lipinski definition) is 2. The quantitative estimate of drug-likeness (QED) is 0.684. The van der Waals surface area contributed by atoms with Gasteiger partial charge in [-0.2, -0.15) is 0 Å². The van der Waals surface area contributed by atoms with E-state index < -0.39 is 0 Å². The van der Waals surface area contributed by atoms with Crippen molar-refractivity contribution in [3.63, 3.8) is 0 Å². The summed E-state index contributed by atoms with van der Waals surface area (Å²) in [5, 5.41) is 5.63. The Morgan fingerprint density at radius 3 is 2.65 bits per heavy atom. The molecule has 2 aliphatic rings. The molecule has 2 heterocycles. The Labute approximate surface area is 118 Å². The van der Waals surface area contributed by atoms with Crippen molar-refractivity contribution >= 4 is 17.7 Å². The van der Waals surface area contributed by atoms with E-state index in [4.69, 9.17) is 4.74 Å². The van der Waals surface area contributed by atoms with Gasteiger partial charge in [-0.05, 0) is 12.8 Å². The van der Waals surface area contributed by atoms with Gasteiger partial charge in [0.25, 0.3) is 0 Å². The molecule has 0 aromatic rings. The summed E-state index contributed by atoms with van der Waals surface area (Å²) in [5.41, 5.74) is 0. The van der Waals surface area contributed by atoms with Crippen LogP contribution in [0.2, 0.25) is 0 Å². The average molecular weight is 283 g/mol. The highest BCUT2D eigenvalue weighted by Crippen LogP contribution is 2.14. The minimum atomic E-state index is -0.254. The summed E-state index contributed by atoms with van der Waals surface area (Å²) >= 11 is 0. The van der Waals surface area contributed by atoms with Gasteiger partial charge in [-0.15, -0.1) is 0 Å². The topological polar surface area (TPSA) is 87.7 Å². The van der Waals surface area contributed by atoms with E-state index in [1.165, 1.54) is 7.11 Å². The Kier molecular flexibility index (Phi) is 4.94. The van der Waals surface area contributed by atoms with Crippen molar-refractivity contribution in [1.82, 2.24) is 15.5 Å². The number of likely N-dealkylation sites (tertiary alicyclic amines) is 1. The fraction of sp³-hybridized carbons (Fsp3) is 0.769. The fourth-order valence-electron chi connectivity index (χ4n) is 2.60. The highest BCUT2D eigenvalue weighted by atomic mass is 16.5. The molecular formula is C13H21N3O4. The maximum absolute atomic E-state index is 12.0. The van der Waals surface area contributed by atoms with Gasteiger partial charge in [0.05, 0.1) is 5.92 Å². The van der Waals surface area contributed by atoms with Gasteiger partial charge in [-0.25, -0.2) is 0 Å². The van der Waals surface area contributed by atoms with Gasteiger partial charge in [0.2, 0.25) is 17.7 Å². The lowest BCUT2D eigenvalue weighted by molar-refractivity contribution is -0.136. The van der Waals surface area contributed by atoms with Crippen molar-refractivity contribution in [2.45, 2.75) is 25.3 Å². The maximum Gasteiger partial charge on any atom is 0.248 e. The van der Waals surface area contributed by atoms with E-state index >= 15 is 0 Å². The predicted molar refractivity (Wildman–Crippen MR) is 70.7 cm³/mol. The van der Waals surface area contributed by atoms with E-state index in [0.717, 1.165) is 12.8 Å².